The molecule has 3 rings (SSSR count). The molecule has 0 heteroatoms. The fourth-order valence-corrected chi connectivity index (χ4v) is 2.63. The van der Waals surface area contributed by atoms with Crippen molar-refractivity contribution in [2.24, 2.45) is 0 Å². The van der Waals surface area contributed by atoms with Gasteiger partial charge >= 0.3 is 0 Å². The predicted octanol–water partition coefficient (Wildman–Crippen LogP) is 9.30. The number of allylic oxidation sites excluding steroid dienone is 5. The lowest BCUT2D eigenvalue weighted by Crippen LogP contribution is -1.78. The predicted molar refractivity (Wildman–Crippen MR) is 137 cm³/mol. The maximum Gasteiger partial charge on any atom is -0.0184 e. The fourth-order valence-electron chi connectivity index (χ4n) is 2.63. The Kier molecular flexibility index (Phi) is 13.1. The second kappa shape index (κ2) is 15.8. The van der Waals surface area contributed by atoms with E-state index in [9.17, 15) is 0 Å². The third-order valence-corrected chi connectivity index (χ3v) is 4.10. The summed E-state index contributed by atoms with van der Waals surface area (Å²) in [5.74, 6) is 0. The molecule has 0 saturated heterocycles. The zero-order valence-electron chi connectivity index (χ0n) is 19.0. The van der Waals surface area contributed by atoms with Crippen molar-refractivity contribution in [1.82, 2.24) is 0 Å². The van der Waals surface area contributed by atoms with Gasteiger partial charge in [-0.25, -0.2) is 0 Å². The van der Waals surface area contributed by atoms with Crippen LogP contribution in [0.2, 0.25) is 0 Å². The van der Waals surface area contributed by atoms with Crippen molar-refractivity contribution in [2.75, 3.05) is 0 Å². The van der Waals surface area contributed by atoms with Crippen LogP contribution in [0.5, 0.6) is 0 Å². The van der Waals surface area contributed by atoms with E-state index < -0.39 is 0 Å². The number of aryl methyl sites for hydroxylation is 1. The van der Waals surface area contributed by atoms with Crippen molar-refractivity contribution in [3.8, 4) is 11.1 Å². The van der Waals surface area contributed by atoms with E-state index in [1.165, 1.54) is 34.2 Å². The van der Waals surface area contributed by atoms with Crippen molar-refractivity contribution < 1.29 is 0 Å². The molecular weight excluding hydrogens is 360 g/mol. The van der Waals surface area contributed by atoms with Gasteiger partial charge in [0, 0.05) is 0 Å². The molecule has 0 N–H and O–H groups in total. The molecule has 0 aliphatic heterocycles. The van der Waals surface area contributed by atoms with Crippen LogP contribution < -0.4 is 0 Å². The van der Waals surface area contributed by atoms with Crippen LogP contribution in [0.15, 0.2) is 116 Å². The van der Waals surface area contributed by atoms with E-state index in [1.54, 1.807) is 0 Å². The van der Waals surface area contributed by atoms with Crippen molar-refractivity contribution >= 4 is 5.57 Å². The molecule has 0 heterocycles. The molecule has 156 valence electrons. The molecule has 0 bridgehead atoms. The lowest BCUT2D eigenvalue weighted by molar-refractivity contribution is 1.09. The second-order valence-electron chi connectivity index (χ2n) is 6.97. The Morgan fingerprint density at radius 2 is 1.23 bits per heavy atom. The lowest BCUT2D eigenvalue weighted by Gasteiger charge is -2.00. The van der Waals surface area contributed by atoms with Crippen LogP contribution in [0.3, 0.4) is 0 Å². The summed E-state index contributed by atoms with van der Waals surface area (Å²) < 4.78 is 0. The standard InChI is InChI=1S/C14H16.C13H12.C3H8/c1-3-5-10-13(9-4-2)14-11-7-6-8-12-14;1-11-7-9-13(10-8-11)12-5-3-2-4-6-12;1-3-2/h4-12H,2-3H2,1H3;2-10H,1H3;3H2,1-2H3/b10-5-,13-9+;;. The minimum absolute atomic E-state index is 1.06. The van der Waals surface area contributed by atoms with Crippen LogP contribution >= 0.6 is 0 Å². The van der Waals surface area contributed by atoms with E-state index in [-0.39, 0.29) is 0 Å². The summed E-state index contributed by atoms with van der Waals surface area (Å²) in [6.07, 6.45) is 10.4. The summed E-state index contributed by atoms with van der Waals surface area (Å²) in [6.45, 7) is 12.2. The zero-order chi connectivity index (χ0) is 22.0. The first kappa shape index (κ1) is 24.9. The average molecular weight is 397 g/mol. The quantitative estimate of drug-likeness (QED) is 0.377. The molecule has 0 amide bonds. The van der Waals surface area contributed by atoms with Crippen molar-refractivity contribution in [3.05, 3.63) is 127 Å². The molecule has 0 aliphatic carbocycles. The molecule has 0 nitrogen and oxygen atoms in total. The highest BCUT2D eigenvalue weighted by Gasteiger charge is 1.94. The highest BCUT2D eigenvalue weighted by atomic mass is 14.0. The van der Waals surface area contributed by atoms with Gasteiger partial charge in [-0.1, -0.05) is 149 Å². The van der Waals surface area contributed by atoms with Crippen molar-refractivity contribution in [2.45, 2.75) is 40.5 Å². The minimum atomic E-state index is 1.06. The van der Waals surface area contributed by atoms with Crippen LogP contribution in [0.1, 0.15) is 44.7 Å². The summed E-state index contributed by atoms with van der Waals surface area (Å²) in [5, 5.41) is 0. The van der Waals surface area contributed by atoms with Crippen LogP contribution in [0.4, 0.5) is 0 Å². The number of hydrogen-bond acceptors (Lipinski definition) is 0. The summed E-state index contributed by atoms with van der Waals surface area (Å²) in [5.41, 5.74) is 6.31. The zero-order valence-corrected chi connectivity index (χ0v) is 19.0. The molecule has 3 aromatic carbocycles. The third kappa shape index (κ3) is 9.89. The van der Waals surface area contributed by atoms with E-state index >= 15 is 0 Å². The second-order valence-corrected chi connectivity index (χ2v) is 6.97. The van der Waals surface area contributed by atoms with Crippen LogP contribution in [-0.2, 0) is 0 Å². The normalized spacial score (nSPS) is 10.5. The van der Waals surface area contributed by atoms with Crippen molar-refractivity contribution in [3.63, 3.8) is 0 Å². The summed E-state index contributed by atoms with van der Waals surface area (Å²) in [7, 11) is 0. The Morgan fingerprint density at radius 3 is 1.73 bits per heavy atom. The Bertz CT molecular complexity index is 866. The smallest absolute Gasteiger partial charge is 0.0184 e. The molecule has 0 atom stereocenters. The topological polar surface area (TPSA) is 0 Å². The van der Waals surface area contributed by atoms with Gasteiger partial charge in [0.05, 0.1) is 0 Å². The van der Waals surface area contributed by atoms with E-state index in [2.05, 4.69) is 107 Å². The first-order valence-electron chi connectivity index (χ1n) is 10.8. The van der Waals surface area contributed by atoms with E-state index in [0.717, 1.165) is 6.42 Å². The molecule has 0 spiro atoms. The Morgan fingerprint density at radius 1 is 0.733 bits per heavy atom. The maximum atomic E-state index is 3.72. The van der Waals surface area contributed by atoms with Gasteiger partial charge in [0.1, 0.15) is 0 Å². The highest BCUT2D eigenvalue weighted by Crippen LogP contribution is 2.18. The molecule has 0 saturated carbocycles. The van der Waals surface area contributed by atoms with E-state index in [4.69, 9.17) is 0 Å². The van der Waals surface area contributed by atoms with Crippen LogP contribution in [-0.4, -0.2) is 0 Å². The third-order valence-electron chi connectivity index (χ3n) is 4.10. The molecule has 0 fully saturated rings. The molecule has 0 unspecified atom stereocenters. The first-order chi connectivity index (χ1) is 14.7. The Hall–Kier alpha value is -3.12. The van der Waals surface area contributed by atoms with Gasteiger partial charge in [0.2, 0.25) is 0 Å². The summed E-state index contributed by atoms with van der Waals surface area (Å²) >= 11 is 0. The Labute approximate surface area is 184 Å². The number of rotatable bonds is 5. The summed E-state index contributed by atoms with van der Waals surface area (Å²) in [4.78, 5) is 0. The van der Waals surface area contributed by atoms with Gasteiger partial charge < -0.3 is 0 Å². The minimum Gasteiger partial charge on any atom is -0.0990 e. The van der Waals surface area contributed by atoms with Gasteiger partial charge in [0.25, 0.3) is 0 Å². The van der Waals surface area contributed by atoms with Gasteiger partial charge in [-0.15, -0.1) is 0 Å². The monoisotopic (exact) mass is 396 g/mol. The van der Waals surface area contributed by atoms with Crippen LogP contribution in [0, 0.1) is 6.92 Å². The maximum absolute atomic E-state index is 3.72. The van der Waals surface area contributed by atoms with Gasteiger partial charge in [-0.3, -0.25) is 0 Å². The first-order valence-corrected chi connectivity index (χ1v) is 10.8. The SMILES string of the molecule is C=C/C=C(\C=C/CC)c1ccccc1.CCC.Cc1ccc(-c2ccccc2)cc1. The number of benzene rings is 3. The molecule has 0 aliphatic rings. The van der Waals surface area contributed by atoms with Crippen molar-refractivity contribution in [1.29, 1.82) is 0 Å². The van der Waals surface area contributed by atoms with Crippen LogP contribution in [0.25, 0.3) is 16.7 Å². The molecule has 3 aromatic rings. The van der Waals surface area contributed by atoms with E-state index in [1.807, 2.05) is 36.4 Å². The molecular formula is C30H36. The largest absolute Gasteiger partial charge is 0.0990 e. The molecule has 0 aromatic heterocycles. The number of hydrogen-bond donors (Lipinski definition) is 0. The van der Waals surface area contributed by atoms with E-state index in [0.29, 0.717) is 0 Å². The fraction of sp³-hybridized carbons (Fsp3) is 0.200. The molecule has 30 heavy (non-hydrogen) atoms. The Balaban J connectivity index is 0.000000266. The highest BCUT2D eigenvalue weighted by molar-refractivity contribution is 5.74. The van der Waals surface area contributed by atoms with Gasteiger partial charge in [0.15, 0.2) is 0 Å². The average Bonchev–Trinajstić information content (AvgIpc) is 2.79. The van der Waals surface area contributed by atoms with Gasteiger partial charge in [-0.05, 0) is 35.6 Å². The molecule has 0 radical (unpaired) electrons. The van der Waals surface area contributed by atoms with Gasteiger partial charge in [-0.2, -0.15) is 0 Å². The summed E-state index contributed by atoms with van der Waals surface area (Å²) in [6, 6.07) is 29.4. The lowest BCUT2D eigenvalue weighted by atomic mass is 10.0.